The van der Waals surface area contributed by atoms with E-state index >= 15 is 0 Å². The summed E-state index contributed by atoms with van der Waals surface area (Å²) in [6.07, 6.45) is 0. The summed E-state index contributed by atoms with van der Waals surface area (Å²) in [4.78, 5) is 0. The van der Waals surface area contributed by atoms with Gasteiger partial charge in [0.05, 0.1) is 0 Å². The van der Waals surface area contributed by atoms with Crippen LogP contribution in [0.25, 0.3) is 0 Å². The van der Waals surface area contributed by atoms with E-state index in [4.69, 9.17) is 8.92 Å². The second-order valence-corrected chi connectivity index (χ2v) is 3.22. The molecule has 1 aliphatic rings. The van der Waals surface area contributed by atoms with Gasteiger partial charge in [-0.25, -0.2) is 0 Å². The second kappa shape index (κ2) is 2.01. The fraction of sp³-hybridized carbons (Fsp3) is 0.333. The van der Waals surface area contributed by atoms with E-state index in [0.29, 0.717) is 13.2 Å². The molecule has 0 radical (unpaired) electrons. The van der Waals surface area contributed by atoms with Crippen molar-refractivity contribution in [1.29, 1.82) is 0 Å². The van der Waals surface area contributed by atoms with Crippen LogP contribution in [0, 0.1) is 0 Å². The number of hydrogen-bond acceptors (Lipinski definition) is 2. The third-order valence-electron chi connectivity index (χ3n) is 1.17. The van der Waals surface area contributed by atoms with Crippen LogP contribution in [0.3, 0.4) is 0 Å². The van der Waals surface area contributed by atoms with Crippen molar-refractivity contribution in [3.8, 4) is 5.75 Å². The number of fused-ring (bicyclic) bond motifs is 2. The van der Waals surface area contributed by atoms with E-state index in [-0.39, 0.29) is 10.8 Å². The van der Waals surface area contributed by atoms with Gasteiger partial charge in [0.25, 0.3) is 0 Å². The molecule has 2 heterocycles. The fourth-order valence-corrected chi connectivity index (χ4v) is 1.90. The van der Waals surface area contributed by atoms with Crippen LogP contribution in [0.4, 0.5) is 0 Å². The third kappa shape index (κ3) is 0.930. The van der Waals surface area contributed by atoms with Crippen molar-refractivity contribution in [2.45, 2.75) is 0 Å². The van der Waals surface area contributed by atoms with Crippen LogP contribution in [0.15, 0.2) is 16.8 Å². The molecular formula is C6H7O2S+. The summed E-state index contributed by atoms with van der Waals surface area (Å²) in [5.74, 6) is 0.968. The second-order valence-electron chi connectivity index (χ2n) is 1.82. The summed E-state index contributed by atoms with van der Waals surface area (Å²) in [5.41, 5.74) is 0. The zero-order valence-electron chi connectivity index (χ0n) is 4.87. The van der Waals surface area contributed by atoms with E-state index in [1.165, 1.54) is 0 Å². The van der Waals surface area contributed by atoms with Gasteiger partial charge < -0.3 is 4.74 Å². The molecule has 0 aliphatic carbocycles. The van der Waals surface area contributed by atoms with Gasteiger partial charge in [0, 0.05) is 6.07 Å². The van der Waals surface area contributed by atoms with Crippen LogP contribution in [0.5, 0.6) is 5.75 Å². The summed E-state index contributed by atoms with van der Waals surface area (Å²) in [5, 5.41) is 4.03. The van der Waals surface area contributed by atoms with Crippen LogP contribution in [-0.4, -0.2) is 13.2 Å². The first-order valence-corrected chi connectivity index (χ1v) is 4.11. The molecule has 2 nitrogen and oxygen atoms in total. The van der Waals surface area contributed by atoms with Crippen molar-refractivity contribution < 1.29 is 8.92 Å². The maximum Gasteiger partial charge on any atom is 0.216 e. The molecule has 0 saturated heterocycles. The molecule has 2 rings (SSSR count). The highest BCUT2D eigenvalue weighted by atomic mass is 32.2. The van der Waals surface area contributed by atoms with E-state index < -0.39 is 0 Å². The van der Waals surface area contributed by atoms with Crippen LogP contribution in [-0.2, 0) is 0 Å². The largest absolute Gasteiger partial charge is 0.486 e. The Hall–Kier alpha value is -0.540. The Labute approximate surface area is 56.2 Å². The summed E-state index contributed by atoms with van der Waals surface area (Å²) >= 11 is 0. The van der Waals surface area contributed by atoms with Crippen molar-refractivity contribution in [3.63, 3.8) is 0 Å². The lowest BCUT2D eigenvalue weighted by Gasteiger charge is -1.94. The quantitative estimate of drug-likeness (QED) is 0.509. The van der Waals surface area contributed by atoms with Gasteiger partial charge in [0.1, 0.15) is 24.0 Å². The fourth-order valence-electron chi connectivity index (χ4n) is 0.772. The third-order valence-corrected chi connectivity index (χ3v) is 2.48. The van der Waals surface area contributed by atoms with Gasteiger partial charge in [-0.3, -0.25) is 0 Å². The number of thiophene rings is 1. The van der Waals surface area contributed by atoms with Crippen LogP contribution in [0.1, 0.15) is 0 Å². The van der Waals surface area contributed by atoms with Crippen molar-refractivity contribution in [2.75, 3.05) is 13.2 Å². The average Bonchev–Trinajstić information content (AvgIpc) is 2.09. The normalized spacial score (nSPS) is 18.4. The SMILES string of the molecule is c1c[s+]2cc1OCCO2. The summed E-state index contributed by atoms with van der Waals surface area (Å²) in [6, 6.07) is 1.96. The number of rotatable bonds is 0. The first kappa shape index (κ1) is 5.26. The summed E-state index contributed by atoms with van der Waals surface area (Å²) < 4.78 is 10.6. The highest BCUT2D eigenvalue weighted by Gasteiger charge is 2.13. The molecule has 1 atom stereocenters. The minimum Gasteiger partial charge on any atom is -0.486 e. The summed E-state index contributed by atoms with van der Waals surface area (Å²) in [6.45, 7) is 1.41. The molecule has 0 fully saturated rings. The molecule has 3 heteroatoms. The first-order valence-electron chi connectivity index (χ1n) is 2.83. The Morgan fingerprint density at radius 1 is 1.44 bits per heavy atom. The monoisotopic (exact) mass is 143 g/mol. The van der Waals surface area contributed by atoms with Gasteiger partial charge >= 0.3 is 0 Å². The number of ether oxygens (including phenoxy) is 1. The van der Waals surface area contributed by atoms with E-state index in [0.717, 1.165) is 5.75 Å². The van der Waals surface area contributed by atoms with Crippen molar-refractivity contribution >= 4 is 10.8 Å². The van der Waals surface area contributed by atoms with E-state index in [9.17, 15) is 0 Å². The Bertz CT molecular complexity index is 186. The van der Waals surface area contributed by atoms with Crippen LogP contribution in [0.2, 0.25) is 0 Å². The molecule has 9 heavy (non-hydrogen) atoms. The zero-order chi connectivity index (χ0) is 6.10. The summed E-state index contributed by atoms with van der Waals surface area (Å²) in [7, 11) is -0.0625. The van der Waals surface area contributed by atoms with Gasteiger partial charge in [-0.1, -0.05) is 0 Å². The van der Waals surface area contributed by atoms with Gasteiger partial charge in [-0.05, 0) is 0 Å². The van der Waals surface area contributed by atoms with E-state index in [1.54, 1.807) is 0 Å². The highest BCUT2D eigenvalue weighted by Crippen LogP contribution is 2.25. The topological polar surface area (TPSA) is 18.5 Å². The highest BCUT2D eigenvalue weighted by molar-refractivity contribution is 7.23. The Kier molecular flexibility index (Phi) is 1.17. The lowest BCUT2D eigenvalue weighted by molar-refractivity contribution is 0.262. The molecule has 1 unspecified atom stereocenters. The molecule has 0 amide bonds. The maximum atomic E-state index is 5.33. The van der Waals surface area contributed by atoms with Crippen molar-refractivity contribution in [1.82, 2.24) is 0 Å². The molecule has 1 aromatic rings. The van der Waals surface area contributed by atoms with Crippen LogP contribution < -0.4 is 8.92 Å². The Morgan fingerprint density at radius 2 is 2.44 bits per heavy atom. The molecule has 0 N–H and O–H groups in total. The molecule has 2 bridgehead atoms. The van der Waals surface area contributed by atoms with Crippen LogP contribution >= 0.6 is 10.8 Å². The maximum absolute atomic E-state index is 5.33. The first-order chi connectivity index (χ1) is 4.45. The molecular weight excluding hydrogens is 136 g/mol. The van der Waals surface area contributed by atoms with Gasteiger partial charge in [0.15, 0.2) is 11.1 Å². The molecule has 0 spiro atoms. The minimum atomic E-state index is -0.0625. The Balaban J connectivity index is 2.37. The lowest BCUT2D eigenvalue weighted by atomic mass is 10.6. The van der Waals surface area contributed by atoms with Crippen molar-refractivity contribution in [3.05, 3.63) is 16.8 Å². The zero-order valence-corrected chi connectivity index (χ0v) is 5.69. The number of hydrogen-bond donors (Lipinski definition) is 0. The average molecular weight is 143 g/mol. The van der Waals surface area contributed by atoms with Gasteiger partial charge in [0.2, 0.25) is 5.38 Å². The van der Waals surface area contributed by atoms with E-state index in [2.05, 4.69) is 0 Å². The molecule has 0 saturated carbocycles. The molecule has 48 valence electrons. The molecule has 1 aromatic heterocycles. The predicted octanol–water partition coefficient (Wildman–Crippen LogP) is 1.26. The van der Waals surface area contributed by atoms with Gasteiger partial charge in [-0.2, -0.15) is 0 Å². The Morgan fingerprint density at radius 3 is 3.44 bits per heavy atom. The smallest absolute Gasteiger partial charge is 0.216 e. The van der Waals surface area contributed by atoms with E-state index in [1.807, 2.05) is 16.8 Å². The lowest BCUT2D eigenvalue weighted by Crippen LogP contribution is -2.05. The minimum absolute atomic E-state index is 0.0625. The standard InChI is InChI=1S/C6H7O2S/c1-4-9-5-6(1)7-2-3-8-9/h1,4-5H,2-3H2/q+1. The van der Waals surface area contributed by atoms with Gasteiger partial charge in [-0.15, -0.1) is 4.18 Å². The van der Waals surface area contributed by atoms with Crippen molar-refractivity contribution in [2.24, 2.45) is 0 Å². The molecule has 1 aliphatic heterocycles. The molecule has 0 aromatic carbocycles. The predicted molar refractivity (Wildman–Crippen MR) is 35.9 cm³/mol.